The van der Waals surface area contributed by atoms with Gasteiger partial charge in [-0.05, 0) is 25.7 Å². The van der Waals surface area contributed by atoms with Crippen LogP contribution in [-0.4, -0.2) is 18.2 Å². The zero-order valence-electron chi connectivity index (χ0n) is 8.26. The van der Waals surface area contributed by atoms with Gasteiger partial charge in [-0.3, -0.25) is 11.3 Å². The Labute approximate surface area is 74.6 Å². The average Bonchev–Trinajstić information content (AvgIpc) is 2.37. The molecule has 12 heavy (non-hydrogen) atoms. The third-order valence-corrected chi connectivity index (χ3v) is 2.75. The smallest absolute Gasteiger partial charge is 0.0823 e. The zero-order valence-corrected chi connectivity index (χ0v) is 8.26. The van der Waals surface area contributed by atoms with Gasteiger partial charge in [0, 0.05) is 6.61 Å². The van der Waals surface area contributed by atoms with E-state index >= 15 is 0 Å². The maximum absolute atomic E-state index is 5.71. The summed E-state index contributed by atoms with van der Waals surface area (Å²) in [5, 5.41) is 0. The number of ether oxygens (including phenoxy) is 1. The molecular weight excluding hydrogens is 152 g/mol. The van der Waals surface area contributed by atoms with Crippen LogP contribution in [0, 0.1) is 5.92 Å². The van der Waals surface area contributed by atoms with E-state index in [1.165, 1.54) is 0 Å². The minimum atomic E-state index is -0.0527. The van der Waals surface area contributed by atoms with E-state index in [1.807, 2.05) is 0 Å². The number of rotatable bonds is 3. The van der Waals surface area contributed by atoms with Crippen LogP contribution in [0.3, 0.4) is 0 Å². The van der Waals surface area contributed by atoms with E-state index < -0.39 is 0 Å². The van der Waals surface area contributed by atoms with Crippen molar-refractivity contribution in [1.82, 2.24) is 5.43 Å². The molecule has 1 rings (SSSR count). The highest BCUT2D eigenvalue weighted by molar-refractivity contribution is 4.93. The van der Waals surface area contributed by atoms with Crippen molar-refractivity contribution >= 4 is 0 Å². The normalized spacial score (nSPS) is 32.8. The minimum Gasteiger partial charge on any atom is -0.374 e. The van der Waals surface area contributed by atoms with Crippen molar-refractivity contribution in [2.45, 2.75) is 45.3 Å². The van der Waals surface area contributed by atoms with Gasteiger partial charge < -0.3 is 4.74 Å². The van der Waals surface area contributed by atoms with Gasteiger partial charge in [0.25, 0.3) is 0 Å². The van der Waals surface area contributed by atoms with Gasteiger partial charge in [-0.25, -0.2) is 0 Å². The Balaban J connectivity index is 2.62. The highest BCUT2D eigenvalue weighted by atomic mass is 16.5. The molecule has 3 heteroatoms. The molecule has 72 valence electrons. The largest absolute Gasteiger partial charge is 0.374 e. The Morgan fingerprint density at radius 1 is 1.50 bits per heavy atom. The van der Waals surface area contributed by atoms with Crippen molar-refractivity contribution in [3.63, 3.8) is 0 Å². The summed E-state index contributed by atoms with van der Waals surface area (Å²) in [7, 11) is 0. The van der Waals surface area contributed by atoms with Gasteiger partial charge in [-0.2, -0.15) is 0 Å². The van der Waals surface area contributed by atoms with Crippen LogP contribution in [-0.2, 0) is 4.74 Å². The van der Waals surface area contributed by atoms with Crippen LogP contribution in [0.5, 0.6) is 0 Å². The highest BCUT2D eigenvalue weighted by Gasteiger charge is 2.39. The van der Waals surface area contributed by atoms with Crippen LogP contribution in [0.1, 0.15) is 33.6 Å². The lowest BCUT2D eigenvalue weighted by atomic mass is 9.86. The van der Waals surface area contributed by atoms with Gasteiger partial charge >= 0.3 is 0 Å². The first-order valence-electron chi connectivity index (χ1n) is 4.70. The lowest BCUT2D eigenvalue weighted by Gasteiger charge is -2.35. The van der Waals surface area contributed by atoms with Crippen LogP contribution in [0.2, 0.25) is 0 Å². The summed E-state index contributed by atoms with van der Waals surface area (Å²) < 4.78 is 5.71. The number of hydrazine groups is 1. The molecule has 0 aliphatic carbocycles. The molecule has 1 fully saturated rings. The summed E-state index contributed by atoms with van der Waals surface area (Å²) in [5.74, 6) is 6.02. The molecule has 2 atom stereocenters. The molecule has 1 aliphatic rings. The first-order chi connectivity index (χ1) is 5.60. The Kier molecular flexibility index (Phi) is 3.09. The summed E-state index contributed by atoms with van der Waals surface area (Å²) in [5.41, 5.74) is 2.81. The molecule has 3 nitrogen and oxygen atoms in total. The fourth-order valence-corrected chi connectivity index (χ4v) is 2.12. The quantitative estimate of drug-likeness (QED) is 0.494. The molecule has 0 aromatic carbocycles. The summed E-state index contributed by atoms with van der Waals surface area (Å²) in [4.78, 5) is 0. The van der Waals surface area contributed by atoms with Gasteiger partial charge in [-0.15, -0.1) is 0 Å². The molecule has 0 spiro atoms. The topological polar surface area (TPSA) is 47.3 Å². The van der Waals surface area contributed by atoms with E-state index in [0.29, 0.717) is 5.92 Å². The van der Waals surface area contributed by atoms with E-state index in [4.69, 9.17) is 10.6 Å². The molecule has 3 N–H and O–H groups in total. The monoisotopic (exact) mass is 172 g/mol. The second-order valence-corrected chi connectivity index (χ2v) is 4.15. The molecule has 0 bridgehead atoms. The van der Waals surface area contributed by atoms with E-state index in [0.717, 1.165) is 19.4 Å². The van der Waals surface area contributed by atoms with Crippen LogP contribution >= 0.6 is 0 Å². The minimum absolute atomic E-state index is 0.0527. The maximum Gasteiger partial charge on any atom is 0.0823 e. The predicted molar refractivity (Wildman–Crippen MR) is 49.5 cm³/mol. The van der Waals surface area contributed by atoms with Crippen molar-refractivity contribution in [1.29, 1.82) is 0 Å². The van der Waals surface area contributed by atoms with Crippen molar-refractivity contribution in [2.24, 2.45) is 11.8 Å². The Morgan fingerprint density at radius 3 is 2.50 bits per heavy atom. The molecule has 1 saturated heterocycles. The number of hydrogen-bond acceptors (Lipinski definition) is 3. The molecule has 1 aliphatic heterocycles. The third-order valence-electron chi connectivity index (χ3n) is 2.75. The van der Waals surface area contributed by atoms with Gasteiger partial charge in [0.1, 0.15) is 0 Å². The van der Waals surface area contributed by atoms with Crippen LogP contribution in [0.4, 0.5) is 0 Å². The van der Waals surface area contributed by atoms with Gasteiger partial charge in [-0.1, -0.05) is 13.8 Å². The second kappa shape index (κ2) is 3.73. The van der Waals surface area contributed by atoms with Gasteiger partial charge in [0.15, 0.2) is 0 Å². The Morgan fingerprint density at radius 2 is 2.17 bits per heavy atom. The van der Waals surface area contributed by atoms with E-state index in [-0.39, 0.29) is 11.6 Å². The van der Waals surface area contributed by atoms with E-state index in [9.17, 15) is 0 Å². The van der Waals surface area contributed by atoms with Crippen molar-refractivity contribution in [2.75, 3.05) is 6.61 Å². The standard InChI is InChI=1S/C9H20N2O/c1-7(2)8(11-10)9(3)5-4-6-12-9/h7-8,11H,4-6,10H2,1-3H3. The predicted octanol–water partition coefficient (Wildman–Crippen LogP) is 1.04. The fraction of sp³-hybridized carbons (Fsp3) is 1.00. The first-order valence-corrected chi connectivity index (χ1v) is 4.70. The Hall–Kier alpha value is -0.120. The fourth-order valence-electron chi connectivity index (χ4n) is 2.12. The van der Waals surface area contributed by atoms with E-state index in [2.05, 4.69) is 26.2 Å². The summed E-state index contributed by atoms with van der Waals surface area (Å²) >= 11 is 0. The van der Waals surface area contributed by atoms with Gasteiger partial charge in [0.05, 0.1) is 11.6 Å². The molecule has 0 aromatic rings. The number of nitrogens with two attached hydrogens (primary N) is 1. The molecular formula is C9H20N2O. The molecule has 0 radical (unpaired) electrons. The van der Waals surface area contributed by atoms with Crippen molar-refractivity contribution < 1.29 is 4.74 Å². The Bertz CT molecular complexity index is 141. The summed E-state index contributed by atoms with van der Waals surface area (Å²) in [6.45, 7) is 7.35. The van der Waals surface area contributed by atoms with Gasteiger partial charge in [0.2, 0.25) is 0 Å². The number of nitrogens with one attached hydrogen (secondary N) is 1. The van der Waals surface area contributed by atoms with Crippen LogP contribution < -0.4 is 11.3 Å². The number of hydrogen-bond donors (Lipinski definition) is 2. The maximum atomic E-state index is 5.71. The molecule has 0 amide bonds. The molecule has 0 saturated carbocycles. The first kappa shape index (κ1) is 9.96. The lowest BCUT2D eigenvalue weighted by Crippen LogP contribution is -2.54. The molecule has 0 aromatic heterocycles. The zero-order chi connectivity index (χ0) is 9.19. The SMILES string of the molecule is CC(C)C(NN)C1(C)CCCO1. The van der Waals surface area contributed by atoms with E-state index in [1.54, 1.807) is 0 Å². The van der Waals surface area contributed by atoms with Crippen LogP contribution in [0.25, 0.3) is 0 Å². The molecule has 1 heterocycles. The third kappa shape index (κ3) is 1.79. The van der Waals surface area contributed by atoms with Crippen molar-refractivity contribution in [3.05, 3.63) is 0 Å². The second-order valence-electron chi connectivity index (χ2n) is 4.15. The van der Waals surface area contributed by atoms with Crippen molar-refractivity contribution in [3.8, 4) is 0 Å². The average molecular weight is 172 g/mol. The molecule has 2 unspecified atom stereocenters. The van der Waals surface area contributed by atoms with Crippen LogP contribution in [0.15, 0.2) is 0 Å². The summed E-state index contributed by atoms with van der Waals surface area (Å²) in [6.07, 6.45) is 2.27. The highest BCUT2D eigenvalue weighted by Crippen LogP contribution is 2.31. The summed E-state index contributed by atoms with van der Waals surface area (Å²) in [6, 6.07) is 0.264. The lowest BCUT2D eigenvalue weighted by molar-refractivity contribution is -0.0244.